The Labute approximate surface area is 156 Å². The number of imidazole rings is 1. The third-order valence-corrected chi connectivity index (χ3v) is 5.03. The Morgan fingerprint density at radius 3 is 2.81 bits per heavy atom. The molecule has 1 fully saturated rings. The summed E-state index contributed by atoms with van der Waals surface area (Å²) in [6, 6.07) is 6.70. The van der Waals surface area contributed by atoms with E-state index in [0.29, 0.717) is 45.1 Å². The molecule has 0 saturated carbocycles. The van der Waals surface area contributed by atoms with E-state index in [1.807, 2.05) is 11.0 Å². The van der Waals surface area contributed by atoms with Gasteiger partial charge in [0, 0.05) is 31.6 Å². The lowest BCUT2D eigenvalue weighted by Gasteiger charge is -2.31. The van der Waals surface area contributed by atoms with Crippen LogP contribution in [0.3, 0.4) is 0 Å². The van der Waals surface area contributed by atoms with Crippen molar-refractivity contribution in [1.82, 2.24) is 19.8 Å². The highest BCUT2D eigenvalue weighted by Crippen LogP contribution is 2.23. The minimum absolute atomic E-state index is 0.117. The molecule has 3 heterocycles. The largest absolute Gasteiger partial charge is 0.478 e. The first-order valence-electron chi connectivity index (χ1n) is 9.09. The molecular weight excluding hydrogens is 348 g/mol. The van der Waals surface area contributed by atoms with Crippen LogP contribution in [0.4, 0.5) is 0 Å². The molecule has 1 amide bonds. The molecule has 2 aliphatic rings. The van der Waals surface area contributed by atoms with Gasteiger partial charge in [-0.3, -0.25) is 9.69 Å². The predicted molar refractivity (Wildman–Crippen MR) is 97.4 cm³/mol. The molecule has 1 aromatic heterocycles. The highest BCUT2D eigenvalue weighted by molar-refractivity contribution is 5.89. The van der Waals surface area contributed by atoms with Crippen LogP contribution >= 0.6 is 0 Å². The first kappa shape index (κ1) is 17.7. The number of amides is 1. The molecule has 1 aromatic carbocycles. The van der Waals surface area contributed by atoms with Gasteiger partial charge in [0.25, 0.3) is 0 Å². The smallest absolute Gasteiger partial charge is 0.335 e. The number of hydrogen-bond acceptors (Lipinski definition) is 5. The first-order valence-corrected chi connectivity index (χ1v) is 9.09. The van der Waals surface area contributed by atoms with Gasteiger partial charge in [0.2, 0.25) is 5.91 Å². The van der Waals surface area contributed by atoms with E-state index in [0.717, 1.165) is 30.0 Å². The number of aromatic amines is 1. The molecule has 0 radical (unpaired) electrons. The van der Waals surface area contributed by atoms with Crippen LogP contribution in [-0.4, -0.2) is 76.1 Å². The summed E-state index contributed by atoms with van der Waals surface area (Å²) < 4.78 is 5.32. The fourth-order valence-corrected chi connectivity index (χ4v) is 3.49. The summed E-state index contributed by atoms with van der Waals surface area (Å²) >= 11 is 0. The Morgan fingerprint density at radius 1 is 1.22 bits per heavy atom. The molecule has 0 bridgehead atoms. The van der Waals surface area contributed by atoms with E-state index < -0.39 is 5.97 Å². The quantitative estimate of drug-likeness (QED) is 0.833. The van der Waals surface area contributed by atoms with Crippen molar-refractivity contribution >= 4 is 11.9 Å². The lowest BCUT2D eigenvalue weighted by molar-refractivity contribution is -0.134. The van der Waals surface area contributed by atoms with Crippen molar-refractivity contribution in [3.8, 4) is 11.4 Å². The maximum absolute atomic E-state index is 12.6. The fraction of sp³-hybridized carbons (Fsp3) is 0.421. The number of nitrogens with one attached hydrogen (secondary N) is 1. The number of aromatic carboxylic acids is 1. The predicted octanol–water partition coefficient (Wildman–Crippen LogP) is 0.992. The van der Waals surface area contributed by atoms with Crippen molar-refractivity contribution < 1.29 is 19.4 Å². The Hall–Kier alpha value is -2.71. The van der Waals surface area contributed by atoms with Crippen molar-refractivity contribution in [3.05, 3.63) is 41.2 Å². The maximum Gasteiger partial charge on any atom is 0.335 e. The Balaban J connectivity index is 1.46. The molecule has 4 rings (SSSR count). The Morgan fingerprint density at radius 2 is 2.04 bits per heavy atom. The number of rotatable bonds is 4. The number of nitrogens with zero attached hydrogens (tertiary/aromatic N) is 3. The van der Waals surface area contributed by atoms with Crippen LogP contribution < -0.4 is 0 Å². The molecule has 0 atom stereocenters. The van der Waals surface area contributed by atoms with Crippen molar-refractivity contribution in [1.29, 1.82) is 0 Å². The number of benzene rings is 1. The Bertz CT molecular complexity index is 857. The Kier molecular flexibility index (Phi) is 4.91. The van der Waals surface area contributed by atoms with E-state index in [1.54, 1.807) is 18.2 Å². The number of hydrogen-bond donors (Lipinski definition) is 2. The zero-order chi connectivity index (χ0) is 18.8. The van der Waals surface area contributed by atoms with Crippen LogP contribution in [0.2, 0.25) is 0 Å². The van der Waals surface area contributed by atoms with E-state index in [1.165, 1.54) is 0 Å². The molecule has 2 aromatic rings. The van der Waals surface area contributed by atoms with Gasteiger partial charge in [-0.05, 0) is 12.1 Å². The second kappa shape index (κ2) is 7.50. The minimum atomic E-state index is -0.965. The standard InChI is InChI=1S/C19H22N4O4/c24-17(12-22-6-8-27-9-7-22)23-5-4-15-16(11-23)21-18(20-15)13-2-1-3-14(10-13)19(25)26/h1-3,10H,4-9,11-12H2,(H,20,21)(H,25,26). The SMILES string of the molecule is O=C(O)c1cccc(-c2nc3c([nH]2)CN(C(=O)CN2CCOCC2)CC3)c1. The third kappa shape index (κ3) is 3.86. The van der Waals surface area contributed by atoms with Crippen LogP contribution in [0.5, 0.6) is 0 Å². The molecule has 0 unspecified atom stereocenters. The van der Waals surface area contributed by atoms with Crippen LogP contribution in [0.1, 0.15) is 21.7 Å². The summed E-state index contributed by atoms with van der Waals surface area (Å²) in [6.07, 6.45) is 0.694. The number of morpholine rings is 1. The number of carbonyl (C=O) groups is 2. The molecular formula is C19H22N4O4. The average molecular weight is 370 g/mol. The van der Waals surface area contributed by atoms with Crippen molar-refractivity contribution in [2.24, 2.45) is 0 Å². The van der Waals surface area contributed by atoms with Crippen LogP contribution in [0.25, 0.3) is 11.4 Å². The zero-order valence-electron chi connectivity index (χ0n) is 15.0. The van der Waals surface area contributed by atoms with Crippen molar-refractivity contribution in [2.75, 3.05) is 39.4 Å². The normalized spacial score (nSPS) is 17.6. The monoisotopic (exact) mass is 370 g/mol. The summed E-state index contributed by atoms with van der Waals surface area (Å²) in [5.74, 6) is -0.204. The average Bonchev–Trinajstić information content (AvgIpc) is 3.12. The molecule has 1 saturated heterocycles. The molecule has 142 valence electrons. The van der Waals surface area contributed by atoms with Crippen molar-refractivity contribution in [2.45, 2.75) is 13.0 Å². The molecule has 0 spiro atoms. The van der Waals surface area contributed by atoms with Gasteiger partial charge >= 0.3 is 5.97 Å². The second-order valence-electron chi connectivity index (χ2n) is 6.85. The van der Waals surface area contributed by atoms with Gasteiger partial charge in [-0.15, -0.1) is 0 Å². The number of aromatic nitrogens is 2. The van der Waals surface area contributed by atoms with Crippen LogP contribution in [0.15, 0.2) is 24.3 Å². The molecule has 8 heteroatoms. The van der Waals surface area contributed by atoms with Gasteiger partial charge in [-0.25, -0.2) is 9.78 Å². The van der Waals surface area contributed by atoms with Gasteiger partial charge in [0.05, 0.1) is 43.3 Å². The molecule has 27 heavy (non-hydrogen) atoms. The summed E-state index contributed by atoms with van der Waals surface area (Å²) in [7, 11) is 0. The fourth-order valence-electron chi connectivity index (χ4n) is 3.49. The number of ether oxygens (including phenoxy) is 1. The first-order chi connectivity index (χ1) is 13.1. The van der Waals surface area contributed by atoms with Gasteiger partial charge < -0.3 is 19.7 Å². The summed E-state index contributed by atoms with van der Waals surface area (Å²) in [6.45, 7) is 4.51. The summed E-state index contributed by atoms with van der Waals surface area (Å²) in [5, 5.41) is 9.16. The van der Waals surface area contributed by atoms with E-state index in [-0.39, 0.29) is 11.5 Å². The van der Waals surface area contributed by atoms with Gasteiger partial charge in [-0.2, -0.15) is 0 Å². The molecule has 2 N–H and O–H groups in total. The molecule has 0 aliphatic carbocycles. The number of carboxylic acids is 1. The van der Waals surface area contributed by atoms with Crippen molar-refractivity contribution in [3.63, 3.8) is 0 Å². The molecule has 2 aliphatic heterocycles. The summed E-state index contributed by atoms with van der Waals surface area (Å²) in [5.41, 5.74) is 2.83. The van der Waals surface area contributed by atoms with Crippen LogP contribution in [-0.2, 0) is 22.5 Å². The van der Waals surface area contributed by atoms with Gasteiger partial charge in [-0.1, -0.05) is 12.1 Å². The third-order valence-electron chi connectivity index (χ3n) is 5.03. The minimum Gasteiger partial charge on any atom is -0.478 e. The van der Waals surface area contributed by atoms with E-state index in [4.69, 9.17) is 9.84 Å². The number of H-pyrrole nitrogens is 1. The highest BCUT2D eigenvalue weighted by Gasteiger charge is 2.25. The second-order valence-corrected chi connectivity index (χ2v) is 6.85. The number of carbonyl (C=O) groups excluding carboxylic acids is 1. The molecule has 8 nitrogen and oxygen atoms in total. The number of carboxylic acid groups (broad SMARTS) is 1. The van der Waals surface area contributed by atoms with Gasteiger partial charge in [0.15, 0.2) is 0 Å². The van der Waals surface area contributed by atoms with Gasteiger partial charge in [0.1, 0.15) is 5.82 Å². The number of fused-ring (bicyclic) bond motifs is 1. The highest BCUT2D eigenvalue weighted by atomic mass is 16.5. The van der Waals surface area contributed by atoms with Crippen LogP contribution in [0, 0.1) is 0 Å². The maximum atomic E-state index is 12.6. The lowest BCUT2D eigenvalue weighted by Crippen LogP contribution is -2.46. The van der Waals surface area contributed by atoms with E-state index in [9.17, 15) is 9.59 Å². The van der Waals surface area contributed by atoms with E-state index in [2.05, 4.69) is 14.9 Å². The summed E-state index contributed by atoms with van der Waals surface area (Å²) in [4.78, 5) is 35.7. The zero-order valence-corrected chi connectivity index (χ0v) is 15.0. The topological polar surface area (TPSA) is 98.8 Å². The van der Waals surface area contributed by atoms with E-state index >= 15 is 0 Å². The lowest BCUT2D eigenvalue weighted by atomic mass is 10.1.